The van der Waals surface area contributed by atoms with Crippen LogP contribution in [0, 0.1) is 0 Å². The third kappa shape index (κ3) is 4.02. The molecule has 0 aliphatic heterocycles. The predicted molar refractivity (Wildman–Crippen MR) is 63.5 cm³/mol. The molecule has 0 bridgehead atoms. The number of unbranched alkanes of at least 4 members (excludes halogenated alkanes) is 1. The fraction of sp³-hybridized carbons (Fsp3) is 0.455. The zero-order chi connectivity index (χ0) is 12.0. The van der Waals surface area contributed by atoms with Crippen molar-refractivity contribution < 1.29 is 15.1 Å². The third-order valence-electron chi connectivity index (χ3n) is 2.23. The monoisotopic (exact) mass is 241 g/mol. The molecule has 0 radical (unpaired) electrons. The van der Waals surface area contributed by atoms with Gasteiger partial charge in [0.15, 0.2) is 0 Å². The summed E-state index contributed by atoms with van der Waals surface area (Å²) in [4.78, 5) is 12.5. The fourth-order valence-corrected chi connectivity index (χ4v) is 2.32. The van der Waals surface area contributed by atoms with E-state index in [1.54, 1.807) is 18.3 Å². The molecule has 16 heavy (non-hydrogen) atoms. The lowest BCUT2D eigenvalue weighted by Gasteiger charge is -1.96. The largest absolute Gasteiger partial charge is 0.481 e. The second kappa shape index (κ2) is 6.27. The van der Waals surface area contributed by atoms with Crippen LogP contribution in [0.25, 0.3) is 0 Å². The second-order valence-corrected chi connectivity index (χ2v) is 4.72. The number of carbonyl (C=O) groups is 1. The van der Waals surface area contributed by atoms with Crippen LogP contribution in [0.3, 0.4) is 0 Å². The Bertz CT molecular complexity index is 384. The maximum absolute atomic E-state index is 10.3. The molecule has 88 valence electrons. The number of rotatable bonds is 6. The second-order valence-electron chi connectivity index (χ2n) is 3.55. The highest BCUT2D eigenvalue weighted by Gasteiger charge is 2.04. The number of oxime groups is 1. The Morgan fingerprint density at radius 1 is 1.44 bits per heavy atom. The predicted octanol–water partition coefficient (Wildman–Crippen LogP) is 2.74. The maximum Gasteiger partial charge on any atom is 0.303 e. The van der Waals surface area contributed by atoms with Gasteiger partial charge in [-0.05, 0) is 38.3 Å². The molecular weight excluding hydrogens is 226 g/mol. The van der Waals surface area contributed by atoms with Gasteiger partial charge in [0.25, 0.3) is 0 Å². The first kappa shape index (κ1) is 12.7. The third-order valence-corrected chi connectivity index (χ3v) is 3.49. The van der Waals surface area contributed by atoms with Crippen LogP contribution in [0.1, 0.15) is 35.9 Å². The summed E-state index contributed by atoms with van der Waals surface area (Å²) in [6.45, 7) is 1.75. The van der Waals surface area contributed by atoms with Crippen molar-refractivity contribution in [1.29, 1.82) is 0 Å². The minimum Gasteiger partial charge on any atom is -0.481 e. The summed E-state index contributed by atoms with van der Waals surface area (Å²) >= 11 is 1.59. The normalized spacial score (nSPS) is 11.7. The van der Waals surface area contributed by atoms with Gasteiger partial charge in [0, 0.05) is 11.3 Å². The van der Waals surface area contributed by atoms with E-state index in [0.717, 1.165) is 17.7 Å². The first-order valence-electron chi connectivity index (χ1n) is 5.13. The summed E-state index contributed by atoms with van der Waals surface area (Å²) in [6, 6.07) is 3.92. The molecule has 0 atom stereocenters. The average Bonchev–Trinajstić information content (AvgIpc) is 2.71. The Morgan fingerprint density at radius 3 is 2.81 bits per heavy atom. The number of thiophene rings is 1. The Labute approximate surface area is 98.2 Å². The van der Waals surface area contributed by atoms with Crippen LogP contribution in [0.5, 0.6) is 0 Å². The first-order chi connectivity index (χ1) is 7.63. The van der Waals surface area contributed by atoms with Crippen LogP contribution in [0.4, 0.5) is 0 Å². The van der Waals surface area contributed by atoms with Crippen molar-refractivity contribution in [1.82, 2.24) is 0 Å². The zero-order valence-corrected chi connectivity index (χ0v) is 9.96. The molecule has 1 aromatic heterocycles. The quantitative estimate of drug-likeness (QED) is 0.348. The van der Waals surface area contributed by atoms with Gasteiger partial charge in [0.05, 0.1) is 10.6 Å². The van der Waals surface area contributed by atoms with E-state index in [-0.39, 0.29) is 6.42 Å². The molecule has 0 aliphatic rings. The van der Waals surface area contributed by atoms with E-state index in [2.05, 4.69) is 5.16 Å². The zero-order valence-electron chi connectivity index (χ0n) is 9.14. The Balaban J connectivity index is 2.38. The minimum atomic E-state index is -0.741. The standard InChI is InChI=1S/C11H15NO3S/c1-8(12-15)10-7-6-9(16-10)4-2-3-5-11(13)14/h6-7,15H,2-5H2,1H3,(H,13,14). The Hall–Kier alpha value is -1.36. The molecule has 0 aliphatic carbocycles. The molecule has 4 nitrogen and oxygen atoms in total. The van der Waals surface area contributed by atoms with Gasteiger partial charge < -0.3 is 10.3 Å². The minimum absolute atomic E-state index is 0.232. The number of aliphatic carboxylic acids is 1. The lowest BCUT2D eigenvalue weighted by Crippen LogP contribution is -1.94. The molecule has 5 heteroatoms. The number of hydrogen-bond donors (Lipinski definition) is 2. The van der Waals surface area contributed by atoms with Crippen LogP contribution in [-0.2, 0) is 11.2 Å². The summed E-state index contributed by atoms with van der Waals surface area (Å²) < 4.78 is 0. The van der Waals surface area contributed by atoms with Crippen LogP contribution < -0.4 is 0 Å². The molecule has 0 spiro atoms. The van der Waals surface area contributed by atoms with Crippen molar-refractivity contribution in [3.63, 3.8) is 0 Å². The molecule has 1 aromatic rings. The summed E-state index contributed by atoms with van der Waals surface area (Å²) in [5.41, 5.74) is 0.613. The van der Waals surface area contributed by atoms with Crippen molar-refractivity contribution in [2.24, 2.45) is 5.16 Å². The van der Waals surface area contributed by atoms with Crippen molar-refractivity contribution in [2.45, 2.75) is 32.6 Å². The molecule has 0 amide bonds. The van der Waals surface area contributed by atoms with Crippen molar-refractivity contribution in [3.8, 4) is 0 Å². The molecule has 0 fully saturated rings. The van der Waals surface area contributed by atoms with E-state index in [1.165, 1.54) is 4.88 Å². The number of nitrogens with zero attached hydrogens (tertiary/aromatic N) is 1. The van der Waals surface area contributed by atoms with Gasteiger partial charge in [-0.3, -0.25) is 4.79 Å². The van der Waals surface area contributed by atoms with E-state index >= 15 is 0 Å². The lowest BCUT2D eigenvalue weighted by molar-refractivity contribution is -0.137. The molecule has 2 N–H and O–H groups in total. The van der Waals surface area contributed by atoms with Crippen LogP contribution in [0.15, 0.2) is 17.3 Å². The molecule has 0 saturated heterocycles. The van der Waals surface area contributed by atoms with Crippen LogP contribution >= 0.6 is 11.3 Å². The molecule has 0 saturated carbocycles. The number of hydrogen-bond acceptors (Lipinski definition) is 4. The summed E-state index contributed by atoms with van der Waals surface area (Å²) in [6.07, 6.45) is 2.70. The summed E-state index contributed by atoms with van der Waals surface area (Å²) in [5.74, 6) is -0.741. The topological polar surface area (TPSA) is 69.9 Å². The highest BCUT2D eigenvalue weighted by molar-refractivity contribution is 7.14. The molecular formula is C11H15NO3S. The SMILES string of the molecule is CC(=NO)c1ccc(CCCCC(=O)O)s1. The molecule has 1 heterocycles. The average molecular weight is 241 g/mol. The van der Waals surface area contributed by atoms with Crippen LogP contribution in [-0.4, -0.2) is 22.0 Å². The van der Waals surface area contributed by atoms with Crippen molar-refractivity contribution in [2.75, 3.05) is 0 Å². The lowest BCUT2D eigenvalue weighted by atomic mass is 10.2. The van der Waals surface area contributed by atoms with Gasteiger partial charge in [-0.25, -0.2) is 0 Å². The number of aryl methyl sites for hydroxylation is 1. The summed E-state index contributed by atoms with van der Waals surface area (Å²) in [7, 11) is 0. The first-order valence-corrected chi connectivity index (χ1v) is 5.94. The van der Waals surface area contributed by atoms with Gasteiger partial charge in [-0.15, -0.1) is 11.3 Å². The van der Waals surface area contributed by atoms with E-state index in [4.69, 9.17) is 10.3 Å². The van der Waals surface area contributed by atoms with Gasteiger partial charge in [0.1, 0.15) is 0 Å². The molecule has 0 unspecified atom stereocenters. The maximum atomic E-state index is 10.3. The van der Waals surface area contributed by atoms with Gasteiger partial charge in [-0.2, -0.15) is 0 Å². The van der Waals surface area contributed by atoms with Gasteiger partial charge in [-0.1, -0.05) is 5.16 Å². The summed E-state index contributed by atoms with van der Waals surface area (Å²) in [5, 5.41) is 20.2. The van der Waals surface area contributed by atoms with Gasteiger partial charge >= 0.3 is 5.97 Å². The van der Waals surface area contributed by atoms with E-state index in [0.29, 0.717) is 12.1 Å². The van der Waals surface area contributed by atoms with E-state index < -0.39 is 5.97 Å². The molecule has 0 aromatic carbocycles. The molecule has 1 rings (SSSR count). The van der Waals surface area contributed by atoms with Crippen molar-refractivity contribution in [3.05, 3.63) is 21.9 Å². The number of carboxylic acid groups (broad SMARTS) is 1. The highest BCUT2D eigenvalue weighted by atomic mass is 32.1. The van der Waals surface area contributed by atoms with E-state index in [9.17, 15) is 4.79 Å². The van der Waals surface area contributed by atoms with Gasteiger partial charge in [0.2, 0.25) is 0 Å². The highest BCUT2D eigenvalue weighted by Crippen LogP contribution is 2.19. The number of carboxylic acids is 1. The van der Waals surface area contributed by atoms with Crippen LogP contribution in [0.2, 0.25) is 0 Å². The Morgan fingerprint density at radius 2 is 2.19 bits per heavy atom. The van der Waals surface area contributed by atoms with E-state index in [1.807, 2.05) is 12.1 Å². The van der Waals surface area contributed by atoms with Crippen molar-refractivity contribution >= 4 is 23.0 Å². The smallest absolute Gasteiger partial charge is 0.303 e. The Kier molecular flexibility index (Phi) is 4.98. The fourth-order valence-electron chi connectivity index (χ4n) is 1.33.